The highest BCUT2D eigenvalue weighted by atomic mass is 32.2. The number of thioether (sulfide) groups is 1. The molecule has 6 nitrogen and oxygen atoms in total. The predicted octanol–water partition coefficient (Wildman–Crippen LogP) is 1.86. The smallest absolute Gasteiger partial charge is 0.297 e. The zero-order chi connectivity index (χ0) is 11.2. The Bertz CT molecular complexity index is 242. The molecule has 0 saturated carbocycles. The second-order valence-corrected chi connectivity index (χ2v) is 4.46. The van der Waals surface area contributed by atoms with Crippen LogP contribution in [0, 0.1) is 4.91 Å². The van der Waals surface area contributed by atoms with Crippen molar-refractivity contribution in [2.45, 2.75) is 18.6 Å². The highest BCUT2D eigenvalue weighted by Crippen LogP contribution is 2.18. The molecule has 0 radical (unpaired) electrons. The minimum atomic E-state index is -0.909. The lowest BCUT2D eigenvalue weighted by molar-refractivity contribution is 0.115. The van der Waals surface area contributed by atoms with Crippen LogP contribution in [0.15, 0.2) is 10.4 Å². The lowest BCUT2D eigenvalue weighted by atomic mass is 10.2. The van der Waals surface area contributed by atoms with E-state index in [-0.39, 0.29) is 4.75 Å². The van der Waals surface area contributed by atoms with Gasteiger partial charge in [-0.25, -0.2) is 4.79 Å². The van der Waals surface area contributed by atoms with Crippen LogP contribution in [0.3, 0.4) is 0 Å². The molecule has 0 aliphatic heterocycles. The normalized spacial score (nSPS) is 11.4. The number of hydrogen-bond acceptors (Lipinski definition) is 6. The number of rotatable bonds is 4. The van der Waals surface area contributed by atoms with Crippen molar-refractivity contribution >= 4 is 24.1 Å². The highest BCUT2D eigenvalue weighted by Gasteiger charge is 2.14. The maximum atomic E-state index is 10.8. The summed E-state index contributed by atoms with van der Waals surface area (Å²) >= 11 is 1.55. The monoisotopic (exact) mass is 219 g/mol. The Kier molecular flexibility index (Phi) is 5.14. The van der Waals surface area contributed by atoms with Gasteiger partial charge in [-0.2, -0.15) is 16.8 Å². The number of oxime groups is 1. The fourth-order valence-corrected chi connectivity index (χ4v) is 0.492. The van der Waals surface area contributed by atoms with Crippen LogP contribution in [0.2, 0.25) is 0 Å². The summed E-state index contributed by atoms with van der Waals surface area (Å²) in [5.41, 5.74) is 0. The number of amides is 1. The minimum absolute atomic E-state index is 0.215. The first-order valence-electron chi connectivity index (χ1n) is 3.80. The van der Waals surface area contributed by atoms with Crippen molar-refractivity contribution in [1.82, 2.24) is 5.01 Å². The topological polar surface area (TPSA) is 71.3 Å². The van der Waals surface area contributed by atoms with Crippen LogP contribution in [0.25, 0.3) is 0 Å². The van der Waals surface area contributed by atoms with Crippen molar-refractivity contribution < 1.29 is 9.63 Å². The Labute approximate surface area is 86.6 Å². The highest BCUT2D eigenvalue weighted by molar-refractivity contribution is 8.00. The number of hydrogen-bond donors (Lipinski definition) is 0. The Morgan fingerprint density at radius 1 is 1.57 bits per heavy atom. The third-order valence-corrected chi connectivity index (χ3v) is 2.56. The average Bonchev–Trinajstić information content (AvgIpc) is 2.16. The summed E-state index contributed by atoms with van der Waals surface area (Å²) in [6.45, 7) is 3.83. The zero-order valence-electron chi connectivity index (χ0n) is 8.55. The lowest BCUT2D eigenvalue weighted by Gasteiger charge is -2.14. The predicted molar refractivity (Wildman–Crippen MR) is 56.1 cm³/mol. The Morgan fingerprint density at radius 2 is 2.14 bits per heavy atom. The maximum absolute atomic E-state index is 10.8. The van der Waals surface area contributed by atoms with Crippen molar-refractivity contribution in [3.05, 3.63) is 4.91 Å². The fourth-order valence-electron chi connectivity index (χ4n) is 0.343. The van der Waals surface area contributed by atoms with Gasteiger partial charge in [0.15, 0.2) is 0 Å². The van der Waals surface area contributed by atoms with Crippen LogP contribution in [0.5, 0.6) is 0 Å². The molecule has 0 atom stereocenters. The van der Waals surface area contributed by atoms with Gasteiger partial charge in [0, 0.05) is 11.8 Å². The number of nitrogens with zero attached hydrogens (tertiary/aromatic N) is 3. The molecular formula is C7H13N3O3S. The summed E-state index contributed by atoms with van der Waals surface area (Å²) in [6.07, 6.45) is 2.48. The Hall–Kier alpha value is -1.11. The van der Waals surface area contributed by atoms with E-state index < -0.39 is 6.09 Å². The number of carbonyl (C=O) groups excluding carboxylic acids is 1. The van der Waals surface area contributed by atoms with E-state index in [2.05, 4.69) is 15.3 Å². The molecule has 0 heterocycles. The van der Waals surface area contributed by atoms with E-state index in [9.17, 15) is 9.70 Å². The van der Waals surface area contributed by atoms with Gasteiger partial charge in [0.1, 0.15) is 0 Å². The zero-order valence-corrected chi connectivity index (χ0v) is 9.37. The van der Waals surface area contributed by atoms with Gasteiger partial charge in [-0.15, -0.1) is 4.91 Å². The van der Waals surface area contributed by atoms with Gasteiger partial charge in [0.2, 0.25) is 0 Å². The Morgan fingerprint density at radius 3 is 2.57 bits per heavy atom. The molecule has 0 N–H and O–H groups in total. The van der Waals surface area contributed by atoms with Crippen molar-refractivity contribution in [2.75, 3.05) is 13.3 Å². The minimum Gasteiger partial charge on any atom is -0.297 e. The molecule has 7 heteroatoms. The first-order valence-corrected chi connectivity index (χ1v) is 5.03. The van der Waals surface area contributed by atoms with Crippen molar-refractivity contribution in [3.8, 4) is 0 Å². The standard InChI is InChI=1S/C7H13N3O3S/c1-7(2,14-4)5-8-13-6(11)10(3)9-12/h5H,1-4H3. The maximum Gasteiger partial charge on any atom is 0.458 e. The molecule has 0 aromatic rings. The molecular weight excluding hydrogens is 206 g/mol. The van der Waals surface area contributed by atoms with Gasteiger partial charge >= 0.3 is 6.09 Å². The van der Waals surface area contributed by atoms with Crippen LogP contribution >= 0.6 is 11.8 Å². The summed E-state index contributed by atoms with van der Waals surface area (Å²) in [4.78, 5) is 25.1. The van der Waals surface area contributed by atoms with Gasteiger partial charge in [-0.05, 0) is 20.1 Å². The molecule has 0 spiro atoms. The van der Waals surface area contributed by atoms with Crippen LogP contribution in [-0.2, 0) is 4.84 Å². The molecule has 0 aliphatic rings. The number of carbonyl (C=O) groups is 1. The van der Waals surface area contributed by atoms with Crippen molar-refractivity contribution in [1.29, 1.82) is 0 Å². The summed E-state index contributed by atoms with van der Waals surface area (Å²) in [5.74, 6) is 0. The van der Waals surface area contributed by atoms with E-state index in [1.165, 1.54) is 13.3 Å². The third kappa shape index (κ3) is 4.80. The molecule has 0 aromatic heterocycles. The first-order chi connectivity index (χ1) is 6.43. The van der Waals surface area contributed by atoms with Gasteiger partial charge in [0.25, 0.3) is 0 Å². The average molecular weight is 219 g/mol. The molecule has 0 fully saturated rings. The van der Waals surface area contributed by atoms with Gasteiger partial charge in [-0.1, -0.05) is 5.16 Å². The largest absolute Gasteiger partial charge is 0.458 e. The van der Waals surface area contributed by atoms with Crippen LogP contribution in [0.4, 0.5) is 4.79 Å². The number of nitroso groups, excluding NO2 is 1. The quantitative estimate of drug-likeness (QED) is 0.313. The summed E-state index contributed by atoms with van der Waals surface area (Å²) in [7, 11) is 1.19. The van der Waals surface area contributed by atoms with Crippen molar-refractivity contribution in [3.63, 3.8) is 0 Å². The molecule has 1 amide bonds. The molecule has 0 aliphatic carbocycles. The molecule has 0 rings (SSSR count). The summed E-state index contributed by atoms with van der Waals surface area (Å²) in [5, 5.41) is 6.32. The SMILES string of the molecule is CSC(C)(C)C=NOC(=O)N(C)N=O. The van der Waals surface area contributed by atoms with Crippen LogP contribution in [-0.4, -0.2) is 35.4 Å². The summed E-state index contributed by atoms with van der Waals surface area (Å²) < 4.78 is -0.215. The summed E-state index contributed by atoms with van der Waals surface area (Å²) in [6, 6.07) is 0. The molecule has 0 unspecified atom stereocenters. The third-order valence-electron chi connectivity index (χ3n) is 1.41. The van der Waals surface area contributed by atoms with Crippen LogP contribution in [0.1, 0.15) is 13.8 Å². The first kappa shape index (κ1) is 12.9. The molecule has 0 bridgehead atoms. The molecule has 0 saturated heterocycles. The Balaban J connectivity index is 4.06. The van der Waals surface area contributed by atoms with Gasteiger partial charge in [0.05, 0.1) is 11.5 Å². The van der Waals surface area contributed by atoms with Crippen molar-refractivity contribution in [2.24, 2.45) is 10.4 Å². The van der Waals surface area contributed by atoms with Gasteiger partial charge < -0.3 is 0 Å². The van der Waals surface area contributed by atoms with E-state index in [0.717, 1.165) is 0 Å². The van der Waals surface area contributed by atoms with E-state index in [1.807, 2.05) is 20.1 Å². The fraction of sp³-hybridized carbons (Fsp3) is 0.714. The van der Waals surface area contributed by atoms with Gasteiger partial charge in [-0.3, -0.25) is 4.84 Å². The van der Waals surface area contributed by atoms with E-state index in [1.54, 1.807) is 11.8 Å². The van der Waals surface area contributed by atoms with E-state index >= 15 is 0 Å². The van der Waals surface area contributed by atoms with Crippen LogP contribution < -0.4 is 0 Å². The molecule has 0 aromatic carbocycles. The lowest BCUT2D eigenvalue weighted by Crippen LogP contribution is -2.21. The second-order valence-electron chi connectivity index (χ2n) is 3.00. The second kappa shape index (κ2) is 5.58. The molecule has 80 valence electrons. The van der Waals surface area contributed by atoms with E-state index in [0.29, 0.717) is 5.01 Å². The molecule has 14 heavy (non-hydrogen) atoms. The van der Waals surface area contributed by atoms with E-state index in [4.69, 9.17) is 0 Å².